The van der Waals surface area contributed by atoms with Crippen LogP contribution < -0.4 is 11.3 Å². The highest BCUT2D eigenvalue weighted by molar-refractivity contribution is 5.82. The molecule has 2 aromatic rings. The predicted octanol–water partition coefficient (Wildman–Crippen LogP) is 1.70. The Bertz CT molecular complexity index is 420. The second-order valence-electron chi connectivity index (χ2n) is 3.01. The van der Waals surface area contributed by atoms with Gasteiger partial charge in [-0.15, -0.1) is 0 Å². The molecule has 0 fully saturated rings. The fraction of sp³-hybridized carbons (Fsp3) is 0.200. The third kappa shape index (κ3) is 1.32. The van der Waals surface area contributed by atoms with Crippen LogP contribution in [0.1, 0.15) is 11.3 Å². The molecule has 0 atom stereocenters. The van der Waals surface area contributed by atoms with E-state index in [-0.39, 0.29) is 0 Å². The van der Waals surface area contributed by atoms with Gasteiger partial charge in [-0.1, -0.05) is 18.2 Å². The van der Waals surface area contributed by atoms with Crippen LogP contribution in [0.15, 0.2) is 28.7 Å². The molecule has 0 unspecified atom stereocenters. The smallest absolute Gasteiger partial charge is 0.134 e. The number of furan rings is 1. The monoisotopic (exact) mass is 176 g/mol. The molecule has 3 N–H and O–H groups in total. The first-order chi connectivity index (χ1) is 6.33. The lowest BCUT2D eigenvalue weighted by molar-refractivity contribution is 0.567. The highest BCUT2D eigenvalue weighted by Gasteiger charge is 2.08. The van der Waals surface area contributed by atoms with Gasteiger partial charge in [0.05, 0.1) is 0 Å². The minimum Gasteiger partial charge on any atom is -0.461 e. The minimum atomic E-state index is 0.642. The fourth-order valence-corrected chi connectivity index (χ4v) is 1.54. The summed E-state index contributed by atoms with van der Waals surface area (Å²) in [6.07, 6.45) is 0. The van der Waals surface area contributed by atoms with Crippen LogP contribution in [0.4, 0.5) is 0 Å². The highest BCUT2D eigenvalue weighted by atomic mass is 16.3. The molecule has 3 nitrogen and oxygen atoms in total. The Kier molecular flexibility index (Phi) is 2.04. The summed E-state index contributed by atoms with van der Waals surface area (Å²) < 4.78 is 5.56. The van der Waals surface area contributed by atoms with Gasteiger partial charge in [0.2, 0.25) is 0 Å². The number of hydrogen-bond donors (Lipinski definition) is 2. The lowest BCUT2D eigenvalue weighted by atomic mass is 10.1. The molecule has 0 amide bonds. The first-order valence-electron chi connectivity index (χ1n) is 4.23. The van der Waals surface area contributed by atoms with Crippen molar-refractivity contribution in [1.82, 2.24) is 5.43 Å². The summed E-state index contributed by atoms with van der Waals surface area (Å²) in [6.45, 7) is 2.59. The van der Waals surface area contributed by atoms with E-state index in [1.165, 1.54) is 0 Å². The van der Waals surface area contributed by atoms with Crippen molar-refractivity contribution >= 4 is 11.0 Å². The van der Waals surface area contributed by atoms with E-state index < -0.39 is 0 Å². The average molecular weight is 176 g/mol. The van der Waals surface area contributed by atoms with Crippen LogP contribution >= 0.6 is 0 Å². The van der Waals surface area contributed by atoms with Crippen molar-refractivity contribution < 1.29 is 4.42 Å². The summed E-state index contributed by atoms with van der Waals surface area (Å²) in [5.41, 5.74) is 4.70. The zero-order valence-electron chi connectivity index (χ0n) is 7.50. The summed E-state index contributed by atoms with van der Waals surface area (Å²) in [7, 11) is 0. The fourth-order valence-electron chi connectivity index (χ4n) is 1.54. The topological polar surface area (TPSA) is 51.2 Å². The maximum absolute atomic E-state index is 5.56. The van der Waals surface area contributed by atoms with Gasteiger partial charge in [0.1, 0.15) is 11.3 Å². The van der Waals surface area contributed by atoms with E-state index in [4.69, 9.17) is 10.3 Å². The average Bonchev–Trinajstić information content (AvgIpc) is 2.44. The van der Waals surface area contributed by atoms with E-state index in [1.54, 1.807) is 0 Å². The number of benzene rings is 1. The van der Waals surface area contributed by atoms with Crippen LogP contribution in [-0.4, -0.2) is 0 Å². The van der Waals surface area contributed by atoms with E-state index in [1.807, 2.05) is 31.2 Å². The Hall–Kier alpha value is -1.32. The zero-order chi connectivity index (χ0) is 9.26. The van der Waals surface area contributed by atoms with Crippen molar-refractivity contribution in [2.75, 3.05) is 0 Å². The van der Waals surface area contributed by atoms with Gasteiger partial charge < -0.3 is 4.42 Å². The van der Waals surface area contributed by atoms with Crippen molar-refractivity contribution in [2.45, 2.75) is 13.5 Å². The lowest BCUT2D eigenvalue weighted by Gasteiger charge is -1.96. The summed E-state index contributed by atoms with van der Waals surface area (Å²) in [4.78, 5) is 0. The summed E-state index contributed by atoms with van der Waals surface area (Å²) in [6, 6.07) is 7.96. The summed E-state index contributed by atoms with van der Waals surface area (Å²) >= 11 is 0. The second kappa shape index (κ2) is 3.20. The molecule has 1 aromatic heterocycles. The van der Waals surface area contributed by atoms with E-state index >= 15 is 0 Å². The van der Waals surface area contributed by atoms with Crippen LogP contribution in [0, 0.1) is 6.92 Å². The molecule has 0 spiro atoms. The predicted molar refractivity (Wildman–Crippen MR) is 52.0 cm³/mol. The Morgan fingerprint density at radius 2 is 2.15 bits per heavy atom. The van der Waals surface area contributed by atoms with Crippen molar-refractivity contribution in [2.24, 2.45) is 5.84 Å². The minimum absolute atomic E-state index is 0.642. The molecular formula is C10H12N2O. The number of aryl methyl sites for hydroxylation is 1. The van der Waals surface area contributed by atoms with Gasteiger partial charge in [-0.2, -0.15) is 0 Å². The SMILES string of the molecule is Cc1oc2ccccc2c1CNN. The normalized spacial score (nSPS) is 10.9. The molecule has 0 radical (unpaired) electrons. The molecule has 13 heavy (non-hydrogen) atoms. The lowest BCUT2D eigenvalue weighted by Crippen LogP contribution is -2.20. The third-order valence-electron chi connectivity index (χ3n) is 2.18. The van der Waals surface area contributed by atoms with Crippen molar-refractivity contribution in [3.8, 4) is 0 Å². The van der Waals surface area contributed by atoms with Gasteiger partial charge in [-0.3, -0.25) is 11.3 Å². The van der Waals surface area contributed by atoms with E-state index in [2.05, 4.69) is 5.43 Å². The van der Waals surface area contributed by atoms with E-state index in [9.17, 15) is 0 Å². The number of hydrogen-bond acceptors (Lipinski definition) is 3. The number of hydrazine groups is 1. The molecule has 0 aliphatic rings. The quantitative estimate of drug-likeness (QED) is 0.541. The van der Waals surface area contributed by atoms with Gasteiger partial charge in [0.15, 0.2) is 0 Å². The van der Waals surface area contributed by atoms with Crippen molar-refractivity contribution in [3.05, 3.63) is 35.6 Å². The van der Waals surface area contributed by atoms with Crippen LogP contribution in [0.25, 0.3) is 11.0 Å². The molecule has 0 aliphatic carbocycles. The molecule has 2 rings (SSSR count). The number of para-hydroxylation sites is 1. The Morgan fingerprint density at radius 1 is 1.38 bits per heavy atom. The van der Waals surface area contributed by atoms with Gasteiger partial charge in [0, 0.05) is 17.5 Å². The van der Waals surface area contributed by atoms with Crippen LogP contribution in [0.2, 0.25) is 0 Å². The Labute approximate surface area is 76.5 Å². The maximum Gasteiger partial charge on any atom is 0.134 e. The second-order valence-corrected chi connectivity index (χ2v) is 3.01. The molecule has 3 heteroatoms. The molecule has 1 heterocycles. The van der Waals surface area contributed by atoms with Gasteiger partial charge in [0.25, 0.3) is 0 Å². The largest absolute Gasteiger partial charge is 0.461 e. The standard InChI is InChI=1S/C10H12N2O/c1-7-9(6-12-11)8-4-2-3-5-10(8)13-7/h2-5,12H,6,11H2,1H3. The van der Waals surface area contributed by atoms with Gasteiger partial charge in [-0.05, 0) is 13.0 Å². The van der Waals surface area contributed by atoms with E-state index in [0.717, 1.165) is 22.3 Å². The Balaban J connectivity index is 2.64. The van der Waals surface area contributed by atoms with E-state index in [0.29, 0.717) is 6.54 Å². The number of nitrogens with two attached hydrogens (primary N) is 1. The molecule has 1 aromatic carbocycles. The number of rotatable bonds is 2. The molecule has 0 saturated heterocycles. The Morgan fingerprint density at radius 3 is 2.92 bits per heavy atom. The van der Waals surface area contributed by atoms with Crippen LogP contribution in [0.3, 0.4) is 0 Å². The molecule has 0 bridgehead atoms. The summed E-state index contributed by atoms with van der Waals surface area (Å²) in [5, 5.41) is 1.14. The third-order valence-corrected chi connectivity index (χ3v) is 2.18. The van der Waals surface area contributed by atoms with Gasteiger partial charge in [-0.25, -0.2) is 0 Å². The molecule has 68 valence electrons. The molecule has 0 saturated carbocycles. The zero-order valence-corrected chi connectivity index (χ0v) is 7.50. The van der Waals surface area contributed by atoms with Crippen molar-refractivity contribution in [1.29, 1.82) is 0 Å². The molecule has 0 aliphatic heterocycles. The number of nitrogens with one attached hydrogen (secondary N) is 1. The maximum atomic E-state index is 5.56. The first-order valence-corrected chi connectivity index (χ1v) is 4.23. The highest BCUT2D eigenvalue weighted by Crippen LogP contribution is 2.24. The van der Waals surface area contributed by atoms with Gasteiger partial charge >= 0.3 is 0 Å². The first kappa shape index (κ1) is 8.29. The van der Waals surface area contributed by atoms with Crippen LogP contribution in [0.5, 0.6) is 0 Å². The molecular weight excluding hydrogens is 164 g/mol. The summed E-state index contributed by atoms with van der Waals surface area (Å²) in [5.74, 6) is 6.22. The number of fused-ring (bicyclic) bond motifs is 1. The van der Waals surface area contributed by atoms with Crippen LogP contribution in [-0.2, 0) is 6.54 Å². The van der Waals surface area contributed by atoms with Crippen molar-refractivity contribution in [3.63, 3.8) is 0 Å².